The first kappa shape index (κ1) is 14.0. The molecule has 0 aromatic carbocycles. The molecule has 0 aromatic rings. The van der Waals surface area contributed by atoms with Gasteiger partial charge >= 0.3 is 0 Å². The highest BCUT2D eigenvalue weighted by atomic mass is 14.9. The van der Waals surface area contributed by atoms with Crippen molar-refractivity contribution in [3.8, 4) is 0 Å². The molecule has 96 valence electrons. The van der Waals surface area contributed by atoms with Crippen LogP contribution in [-0.2, 0) is 0 Å². The SMILES string of the molecule is CCCCCCNC(C)(C)CC1CCCC1. The van der Waals surface area contributed by atoms with Crippen molar-refractivity contribution in [1.29, 1.82) is 0 Å². The van der Waals surface area contributed by atoms with Crippen LogP contribution in [-0.4, -0.2) is 12.1 Å². The van der Waals surface area contributed by atoms with E-state index in [-0.39, 0.29) is 0 Å². The molecule has 1 fully saturated rings. The minimum absolute atomic E-state index is 0.362. The summed E-state index contributed by atoms with van der Waals surface area (Å²) in [5, 5.41) is 3.74. The molecule has 1 heteroatoms. The molecule has 16 heavy (non-hydrogen) atoms. The Bertz CT molecular complexity index is 168. The van der Waals surface area contributed by atoms with Crippen LogP contribution in [0.2, 0.25) is 0 Å². The Balaban J connectivity index is 2.07. The average molecular weight is 225 g/mol. The third kappa shape index (κ3) is 5.89. The van der Waals surface area contributed by atoms with Crippen LogP contribution < -0.4 is 5.32 Å². The Morgan fingerprint density at radius 3 is 2.38 bits per heavy atom. The molecule has 0 heterocycles. The van der Waals surface area contributed by atoms with E-state index in [9.17, 15) is 0 Å². The quantitative estimate of drug-likeness (QED) is 0.599. The summed E-state index contributed by atoms with van der Waals surface area (Å²) in [5.74, 6) is 0.998. The summed E-state index contributed by atoms with van der Waals surface area (Å²) in [7, 11) is 0. The highest BCUT2D eigenvalue weighted by molar-refractivity contribution is 4.82. The van der Waals surface area contributed by atoms with Gasteiger partial charge < -0.3 is 5.32 Å². The molecule has 0 amide bonds. The first-order chi connectivity index (χ1) is 7.64. The zero-order chi connectivity index (χ0) is 11.9. The zero-order valence-electron chi connectivity index (χ0n) is 11.6. The Kier molecular flexibility index (Phi) is 6.41. The number of rotatable bonds is 8. The van der Waals surface area contributed by atoms with Crippen molar-refractivity contribution in [2.45, 2.75) is 84.1 Å². The summed E-state index contributed by atoms with van der Waals surface area (Å²) >= 11 is 0. The molecular formula is C15H31N. The standard InChI is InChI=1S/C15H31N/c1-4-5-6-9-12-16-15(2,3)13-14-10-7-8-11-14/h14,16H,4-13H2,1-3H3. The van der Waals surface area contributed by atoms with Crippen LogP contribution in [0.3, 0.4) is 0 Å². The maximum Gasteiger partial charge on any atom is 0.0127 e. The lowest BCUT2D eigenvalue weighted by Crippen LogP contribution is -2.41. The molecule has 1 nitrogen and oxygen atoms in total. The molecule has 0 bridgehead atoms. The highest BCUT2D eigenvalue weighted by Gasteiger charge is 2.24. The molecule has 1 rings (SSSR count). The second kappa shape index (κ2) is 7.32. The van der Waals surface area contributed by atoms with Gasteiger partial charge in [0.1, 0.15) is 0 Å². The largest absolute Gasteiger partial charge is 0.312 e. The fraction of sp³-hybridized carbons (Fsp3) is 1.00. The molecule has 1 saturated carbocycles. The second-order valence-corrected chi connectivity index (χ2v) is 6.23. The summed E-state index contributed by atoms with van der Waals surface area (Å²) in [4.78, 5) is 0. The third-order valence-corrected chi connectivity index (χ3v) is 3.91. The van der Waals surface area contributed by atoms with Gasteiger partial charge in [-0.15, -0.1) is 0 Å². The van der Waals surface area contributed by atoms with E-state index in [2.05, 4.69) is 26.1 Å². The van der Waals surface area contributed by atoms with E-state index in [1.54, 1.807) is 0 Å². The van der Waals surface area contributed by atoms with Gasteiger partial charge in [0.25, 0.3) is 0 Å². The van der Waals surface area contributed by atoms with Gasteiger partial charge in [0, 0.05) is 5.54 Å². The number of hydrogen-bond acceptors (Lipinski definition) is 1. The van der Waals surface area contributed by atoms with Crippen LogP contribution in [0.25, 0.3) is 0 Å². The number of unbranched alkanes of at least 4 members (excludes halogenated alkanes) is 3. The molecule has 1 aliphatic carbocycles. The van der Waals surface area contributed by atoms with Gasteiger partial charge in [-0.1, -0.05) is 51.9 Å². The van der Waals surface area contributed by atoms with Crippen molar-refractivity contribution < 1.29 is 0 Å². The molecule has 0 saturated heterocycles. The van der Waals surface area contributed by atoms with Crippen molar-refractivity contribution in [1.82, 2.24) is 5.32 Å². The van der Waals surface area contributed by atoms with Crippen molar-refractivity contribution in [2.75, 3.05) is 6.54 Å². The third-order valence-electron chi connectivity index (χ3n) is 3.91. The summed E-state index contributed by atoms with van der Waals surface area (Å²) in [5.41, 5.74) is 0.362. The van der Waals surface area contributed by atoms with Gasteiger partial charge in [-0.25, -0.2) is 0 Å². The van der Waals surface area contributed by atoms with Crippen LogP contribution in [0.1, 0.15) is 78.6 Å². The lowest BCUT2D eigenvalue weighted by atomic mass is 9.89. The first-order valence-corrected chi connectivity index (χ1v) is 7.39. The van der Waals surface area contributed by atoms with Crippen LogP contribution in [0.5, 0.6) is 0 Å². The van der Waals surface area contributed by atoms with E-state index in [0.717, 1.165) is 5.92 Å². The van der Waals surface area contributed by atoms with Gasteiger partial charge in [0.2, 0.25) is 0 Å². The molecule has 0 spiro atoms. The van der Waals surface area contributed by atoms with Gasteiger partial charge in [-0.3, -0.25) is 0 Å². The monoisotopic (exact) mass is 225 g/mol. The molecule has 1 aliphatic rings. The minimum atomic E-state index is 0.362. The molecule has 1 N–H and O–H groups in total. The second-order valence-electron chi connectivity index (χ2n) is 6.23. The number of hydrogen-bond donors (Lipinski definition) is 1. The lowest BCUT2D eigenvalue weighted by molar-refractivity contribution is 0.297. The van der Waals surface area contributed by atoms with Crippen LogP contribution in [0.4, 0.5) is 0 Å². The van der Waals surface area contributed by atoms with E-state index in [1.807, 2.05) is 0 Å². The van der Waals surface area contributed by atoms with Crippen molar-refractivity contribution in [3.05, 3.63) is 0 Å². The smallest absolute Gasteiger partial charge is 0.0127 e. The zero-order valence-corrected chi connectivity index (χ0v) is 11.6. The van der Waals surface area contributed by atoms with Crippen LogP contribution in [0.15, 0.2) is 0 Å². The summed E-state index contributed by atoms with van der Waals surface area (Å²) in [6.45, 7) is 8.24. The van der Waals surface area contributed by atoms with E-state index in [4.69, 9.17) is 0 Å². The normalized spacial score (nSPS) is 18.2. The highest BCUT2D eigenvalue weighted by Crippen LogP contribution is 2.31. The first-order valence-electron chi connectivity index (χ1n) is 7.39. The van der Waals surface area contributed by atoms with Crippen LogP contribution >= 0.6 is 0 Å². The van der Waals surface area contributed by atoms with Gasteiger partial charge in [0.15, 0.2) is 0 Å². The van der Waals surface area contributed by atoms with E-state index >= 15 is 0 Å². The fourth-order valence-electron chi connectivity index (χ4n) is 2.99. The maximum absolute atomic E-state index is 3.74. The molecule has 0 atom stereocenters. The Morgan fingerprint density at radius 1 is 1.06 bits per heavy atom. The van der Waals surface area contributed by atoms with Crippen molar-refractivity contribution >= 4 is 0 Å². The van der Waals surface area contributed by atoms with Gasteiger partial charge in [-0.05, 0) is 39.2 Å². The van der Waals surface area contributed by atoms with Gasteiger partial charge in [-0.2, -0.15) is 0 Å². The molecule has 0 unspecified atom stereocenters. The topological polar surface area (TPSA) is 12.0 Å². The minimum Gasteiger partial charge on any atom is -0.312 e. The Hall–Kier alpha value is -0.0400. The maximum atomic E-state index is 3.74. The average Bonchev–Trinajstić information content (AvgIpc) is 2.69. The lowest BCUT2D eigenvalue weighted by Gasteiger charge is -2.29. The summed E-state index contributed by atoms with van der Waals surface area (Å²) in [6, 6.07) is 0. The van der Waals surface area contributed by atoms with E-state index in [0.29, 0.717) is 5.54 Å². The molecule has 0 aromatic heterocycles. The summed E-state index contributed by atoms with van der Waals surface area (Å²) in [6.07, 6.45) is 12.7. The van der Waals surface area contributed by atoms with Crippen LogP contribution in [0, 0.1) is 5.92 Å². The van der Waals surface area contributed by atoms with Gasteiger partial charge in [0.05, 0.1) is 0 Å². The Labute approximate surface area is 102 Å². The molecule has 0 aliphatic heterocycles. The number of nitrogens with one attached hydrogen (secondary N) is 1. The van der Waals surface area contributed by atoms with E-state index < -0.39 is 0 Å². The Morgan fingerprint density at radius 2 is 1.75 bits per heavy atom. The predicted octanol–water partition coefficient (Wildman–Crippen LogP) is 4.52. The summed E-state index contributed by atoms with van der Waals surface area (Å²) < 4.78 is 0. The fourth-order valence-corrected chi connectivity index (χ4v) is 2.99. The van der Waals surface area contributed by atoms with Crippen molar-refractivity contribution in [3.63, 3.8) is 0 Å². The van der Waals surface area contributed by atoms with E-state index in [1.165, 1.54) is 64.3 Å². The van der Waals surface area contributed by atoms with Crippen molar-refractivity contribution in [2.24, 2.45) is 5.92 Å². The molecular weight excluding hydrogens is 194 g/mol. The predicted molar refractivity (Wildman–Crippen MR) is 72.8 cm³/mol. The molecule has 0 radical (unpaired) electrons.